The Morgan fingerprint density at radius 3 is 2.10 bits per heavy atom. The third-order valence-corrected chi connectivity index (χ3v) is 12.0. The number of hydrogen-bond donors (Lipinski definition) is 0. The van der Waals surface area contributed by atoms with Gasteiger partial charge in [-0.25, -0.2) is 8.42 Å². The Balaban J connectivity index is 3.09. The van der Waals surface area contributed by atoms with Crippen LogP contribution in [0.3, 0.4) is 0 Å². The lowest BCUT2D eigenvalue weighted by molar-refractivity contribution is 0.142. The van der Waals surface area contributed by atoms with Crippen LogP contribution in [0.25, 0.3) is 0 Å². The monoisotopic (exact) mass is 463 g/mol. The van der Waals surface area contributed by atoms with Crippen molar-refractivity contribution in [2.45, 2.75) is 84.0 Å². The molecule has 0 radical (unpaired) electrons. The van der Waals surface area contributed by atoms with Crippen molar-refractivity contribution in [3.05, 3.63) is 59.4 Å². The average Bonchev–Trinajstić information content (AvgIpc) is 2.59. The Labute approximate surface area is 191 Å². The number of hydrogen-bond acceptors (Lipinski definition) is 3. The summed E-state index contributed by atoms with van der Waals surface area (Å²) in [4.78, 5) is 0.305. The summed E-state index contributed by atoms with van der Waals surface area (Å²) < 4.78 is 34.3. The normalized spacial score (nSPS) is 13.0. The van der Waals surface area contributed by atoms with E-state index in [1.54, 1.807) is 18.2 Å². The highest BCUT2D eigenvalue weighted by atomic mass is 32.2. The zero-order valence-corrected chi connectivity index (χ0v) is 22.9. The first-order valence-corrected chi connectivity index (χ1v) is 15.2. The van der Waals surface area contributed by atoms with Gasteiger partial charge in [0.1, 0.15) is 0 Å². The minimum absolute atomic E-state index is 0.116. The van der Waals surface area contributed by atoms with Gasteiger partial charge >= 0.3 is 0 Å². The largest absolute Gasteiger partial charge is 0.408 e. The van der Waals surface area contributed by atoms with Crippen LogP contribution in [0.5, 0.6) is 0 Å². The van der Waals surface area contributed by atoms with E-state index in [2.05, 4.69) is 39.6 Å². The quantitative estimate of drug-likeness (QED) is 0.240. The van der Waals surface area contributed by atoms with Crippen molar-refractivity contribution < 1.29 is 12.8 Å². The second-order valence-corrected chi connectivity index (χ2v) is 17.1. The Hall–Kier alpha value is -1.43. The zero-order chi connectivity index (χ0) is 24.1. The van der Waals surface area contributed by atoms with Crippen molar-refractivity contribution in [3.63, 3.8) is 0 Å². The molecule has 174 valence electrons. The fraction of sp³-hybridized carbons (Fsp3) is 0.560. The molecule has 1 aromatic rings. The maximum atomic E-state index is 13.2. The highest BCUT2D eigenvalue weighted by Gasteiger charge is 2.40. The molecule has 1 aromatic carbocycles. The molecule has 0 atom stereocenters. The van der Waals surface area contributed by atoms with E-state index in [0.717, 1.165) is 11.1 Å². The number of sulfonamides is 1. The summed E-state index contributed by atoms with van der Waals surface area (Å²) in [5.41, 5.74) is 4.80. The van der Waals surface area contributed by atoms with Crippen LogP contribution < -0.4 is 0 Å². The average molecular weight is 464 g/mol. The molecule has 0 fully saturated rings. The van der Waals surface area contributed by atoms with Crippen molar-refractivity contribution >= 4 is 18.3 Å². The number of rotatable bonds is 9. The number of aryl methyl sites for hydroxylation is 1. The first-order valence-electron chi connectivity index (χ1n) is 10.8. The molecule has 31 heavy (non-hydrogen) atoms. The molecule has 0 spiro atoms. The number of nitrogens with zero attached hydrogens (tertiary/aromatic N) is 1. The van der Waals surface area contributed by atoms with Crippen molar-refractivity contribution in [1.29, 1.82) is 0 Å². The highest BCUT2D eigenvalue weighted by Crippen LogP contribution is 2.39. The Morgan fingerprint density at radius 1 is 1.06 bits per heavy atom. The summed E-state index contributed by atoms with van der Waals surface area (Å²) in [6, 6.07) is 6.97. The summed E-state index contributed by atoms with van der Waals surface area (Å²) in [6.07, 6.45) is 5.58. The lowest BCUT2D eigenvalue weighted by atomic mass is 10.1. The van der Waals surface area contributed by atoms with E-state index < -0.39 is 23.9 Å². The SMILES string of the molecule is CC(C)=CCN(CC=C=CC(C)(C)O[Si](C)(C)C(C)(C)C)S(=O)(=O)c1ccc(C)cc1. The van der Waals surface area contributed by atoms with Crippen LogP contribution in [0, 0.1) is 6.92 Å². The molecule has 0 amide bonds. The van der Waals surface area contributed by atoms with E-state index in [1.165, 1.54) is 4.31 Å². The Bertz CT molecular complexity index is 926. The van der Waals surface area contributed by atoms with Gasteiger partial charge in [-0.1, -0.05) is 50.1 Å². The van der Waals surface area contributed by atoms with Crippen molar-refractivity contribution in [1.82, 2.24) is 4.31 Å². The highest BCUT2D eigenvalue weighted by molar-refractivity contribution is 7.89. The van der Waals surface area contributed by atoms with E-state index in [-0.39, 0.29) is 11.6 Å². The van der Waals surface area contributed by atoms with E-state index in [9.17, 15) is 8.42 Å². The maximum absolute atomic E-state index is 13.2. The molecular weight excluding hydrogens is 422 g/mol. The number of allylic oxidation sites excluding steroid dienone is 1. The van der Waals surface area contributed by atoms with E-state index in [4.69, 9.17) is 4.43 Å². The smallest absolute Gasteiger partial charge is 0.243 e. The standard InChI is InChI=1S/C25H41NO3SSi/c1-21(2)17-20-26(30(27,28)23-15-13-22(3)14-16-23)19-12-11-18-25(7,8)29-31(9,10)24(4,5)6/h12-18H,19-20H2,1-10H3. The van der Waals surface area contributed by atoms with Crippen LogP contribution in [-0.4, -0.2) is 39.7 Å². The molecular formula is C25H41NO3SSi. The van der Waals surface area contributed by atoms with E-state index >= 15 is 0 Å². The topological polar surface area (TPSA) is 46.6 Å². The first kappa shape index (κ1) is 27.6. The summed E-state index contributed by atoms with van der Waals surface area (Å²) in [6.45, 7) is 21.6. The van der Waals surface area contributed by atoms with E-state index in [0.29, 0.717) is 11.4 Å². The lowest BCUT2D eigenvalue weighted by Gasteiger charge is -2.41. The molecule has 0 aliphatic heterocycles. The minimum Gasteiger partial charge on any atom is -0.408 e. The third kappa shape index (κ3) is 8.55. The predicted octanol–water partition coefficient (Wildman–Crippen LogP) is 6.46. The molecule has 1 rings (SSSR count). The van der Waals surface area contributed by atoms with Gasteiger partial charge in [-0.05, 0) is 77.0 Å². The van der Waals surface area contributed by atoms with Gasteiger partial charge in [0, 0.05) is 13.1 Å². The van der Waals surface area contributed by atoms with Gasteiger partial charge in [0.05, 0.1) is 10.5 Å². The fourth-order valence-electron chi connectivity index (χ4n) is 2.67. The van der Waals surface area contributed by atoms with E-state index in [1.807, 2.05) is 58.9 Å². The van der Waals surface area contributed by atoms with Crippen LogP contribution in [0.1, 0.15) is 54.0 Å². The predicted molar refractivity (Wildman–Crippen MR) is 134 cm³/mol. The van der Waals surface area contributed by atoms with Crippen molar-refractivity contribution in [2.24, 2.45) is 0 Å². The molecule has 0 heterocycles. The second-order valence-electron chi connectivity index (χ2n) is 10.4. The maximum Gasteiger partial charge on any atom is 0.243 e. The van der Waals surface area contributed by atoms with Crippen LogP contribution in [0.15, 0.2) is 58.7 Å². The molecule has 0 aliphatic rings. The van der Waals surface area contributed by atoms with Crippen molar-refractivity contribution in [2.75, 3.05) is 13.1 Å². The van der Waals surface area contributed by atoms with Crippen LogP contribution in [0.4, 0.5) is 0 Å². The Kier molecular flexibility index (Phi) is 9.31. The van der Waals surface area contributed by atoms with Gasteiger partial charge in [-0.3, -0.25) is 0 Å². The van der Waals surface area contributed by atoms with Crippen LogP contribution in [-0.2, 0) is 14.4 Å². The van der Waals surface area contributed by atoms with Crippen LogP contribution >= 0.6 is 0 Å². The molecule has 0 N–H and O–H groups in total. The third-order valence-electron chi connectivity index (χ3n) is 5.53. The molecule has 0 saturated heterocycles. The van der Waals surface area contributed by atoms with Gasteiger partial charge in [0.25, 0.3) is 0 Å². The Morgan fingerprint density at radius 2 is 1.61 bits per heavy atom. The molecule has 6 heteroatoms. The van der Waals surface area contributed by atoms with Gasteiger partial charge in [-0.2, -0.15) is 4.31 Å². The van der Waals surface area contributed by atoms with Crippen LogP contribution in [0.2, 0.25) is 18.1 Å². The van der Waals surface area contributed by atoms with Gasteiger partial charge in [0.2, 0.25) is 10.0 Å². The van der Waals surface area contributed by atoms with Gasteiger partial charge in [0.15, 0.2) is 8.32 Å². The second kappa shape index (κ2) is 10.5. The zero-order valence-electron chi connectivity index (χ0n) is 21.0. The minimum atomic E-state index is -3.60. The summed E-state index contributed by atoms with van der Waals surface area (Å²) in [7, 11) is -5.52. The number of benzene rings is 1. The summed E-state index contributed by atoms with van der Waals surface area (Å²) in [5, 5.41) is 0.116. The molecule has 4 nitrogen and oxygen atoms in total. The van der Waals surface area contributed by atoms with Gasteiger partial charge < -0.3 is 4.43 Å². The van der Waals surface area contributed by atoms with Crippen molar-refractivity contribution in [3.8, 4) is 0 Å². The lowest BCUT2D eigenvalue weighted by Crippen LogP contribution is -2.46. The first-order chi connectivity index (χ1) is 14.0. The summed E-state index contributed by atoms with van der Waals surface area (Å²) >= 11 is 0. The molecule has 0 aromatic heterocycles. The fourth-order valence-corrected chi connectivity index (χ4v) is 5.67. The molecule has 0 saturated carbocycles. The molecule has 0 unspecified atom stereocenters. The summed E-state index contributed by atoms with van der Waals surface area (Å²) in [5.74, 6) is 0. The molecule has 0 aliphatic carbocycles. The van der Waals surface area contributed by atoms with Gasteiger partial charge in [-0.15, -0.1) is 5.73 Å². The molecule has 0 bridgehead atoms.